The quantitative estimate of drug-likeness (QED) is 0.676. The molecular formula is C22H24N2O2. The van der Waals surface area contributed by atoms with Gasteiger partial charge in [-0.2, -0.15) is 0 Å². The van der Waals surface area contributed by atoms with E-state index in [1.165, 1.54) is 5.56 Å². The van der Waals surface area contributed by atoms with E-state index in [4.69, 9.17) is 4.74 Å². The molecule has 0 saturated carbocycles. The number of amides is 1. The molecule has 0 spiro atoms. The number of carbonyl (C=O) groups excluding carboxylic acids is 1. The van der Waals surface area contributed by atoms with E-state index in [0.29, 0.717) is 17.4 Å². The molecule has 134 valence electrons. The Bertz CT molecular complexity index is 904. The molecule has 3 rings (SSSR count). The van der Waals surface area contributed by atoms with Crippen LogP contribution in [-0.4, -0.2) is 17.5 Å². The molecule has 1 heterocycles. The van der Waals surface area contributed by atoms with E-state index in [9.17, 15) is 4.79 Å². The van der Waals surface area contributed by atoms with Crippen LogP contribution in [0.1, 0.15) is 37.4 Å². The molecule has 1 aromatic heterocycles. The van der Waals surface area contributed by atoms with Crippen LogP contribution in [0.5, 0.6) is 5.75 Å². The highest BCUT2D eigenvalue weighted by Crippen LogP contribution is 2.23. The highest BCUT2D eigenvalue weighted by Gasteiger charge is 2.09. The predicted octanol–water partition coefficient (Wildman–Crippen LogP) is 5.07. The Morgan fingerprint density at radius 2 is 1.88 bits per heavy atom. The van der Waals surface area contributed by atoms with Crippen LogP contribution < -0.4 is 10.1 Å². The van der Waals surface area contributed by atoms with Crippen LogP contribution in [0.2, 0.25) is 0 Å². The van der Waals surface area contributed by atoms with Gasteiger partial charge in [-0.15, -0.1) is 0 Å². The number of aryl methyl sites for hydroxylation is 1. The first-order valence-electron chi connectivity index (χ1n) is 8.96. The average molecular weight is 348 g/mol. The van der Waals surface area contributed by atoms with Crippen molar-refractivity contribution in [2.24, 2.45) is 0 Å². The van der Waals surface area contributed by atoms with Crippen molar-refractivity contribution in [2.45, 2.75) is 33.1 Å². The van der Waals surface area contributed by atoms with E-state index in [2.05, 4.69) is 36.3 Å². The Labute approximate surface area is 154 Å². The number of nitrogens with one attached hydrogen (secondary N) is 1. The standard InChI is InChI=1S/C22H24N2O2/c1-4-15(2)17-10-12-19(13-11-17)26-14-21(25)24-20-7-5-6-18-9-8-16(3)23-22(18)20/h5-13,15H,4,14H2,1-3H3,(H,24,25). The number of pyridine rings is 1. The molecule has 26 heavy (non-hydrogen) atoms. The zero-order valence-corrected chi connectivity index (χ0v) is 15.5. The Morgan fingerprint density at radius 3 is 2.62 bits per heavy atom. The Balaban J connectivity index is 1.64. The molecular weight excluding hydrogens is 324 g/mol. The zero-order valence-electron chi connectivity index (χ0n) is 15.5. The first-order valence-corrected chi connectivity index (χ1v) is 8.96. The van der Waals surface area contributed by atoms with Crippen molar-refractivity contribution in [3.63, 3.8) is 0 Å². The van der Waals surface area contributed by atoms with Crippen LogP contribution in [0.15, 0.2) is 54.6 Å². The molecule has 4 heteroatoms. The average Bonchev–Trinajstić information content (AvgIpc) is 2.66. The fourth-order valence-electron chi connectivity index (χ4n) is 2.81. The van der Waals surface area contributed by atoms with Gasteiger partial charge in [0.2, 0.25) is 0 Å². The van der Waals surface area contributed by atoms with Gasteiger partial charge in [-0.25, -0.2) is 0 Å². The monoisotopic (exact) mass is 348 g/mol. The molecule has 1 atom stereocenters. The summed E-state index contributed by atoms with van der Waals surface area (Å²) in [5, 5.41) is 3.89. The van der Waals surface area contributed by atoms with Gasteiger partial charge < -0.3 is 10.1 Å². The number of para-hydroxylation sites is 1. The van der Waals surface area contributed by atoms with Gasteiger partial charge in [-0.3, -0.25) is 9.78 Å². The number of rotatable bonds is 6. The fourth-order valence-corrected chi connectivity index (χ4v) is 2.81. The lowest BCUT2D eigenvalue weighted by Crippen LogP contribution is -2.20. The van der Waals surface area contributed by atoms with Crippen molar-refractivity contribution in [3.05, 3.63) is 65.9 Å². The third-order valence-corrected chi connectivity index (χ3v) is 4.57. The summed E-state index contributed by atoms with van der Waals surface area (Å²) in [6.07, 6.45) is 1.10. The Hall–Kier alpha value is -2.88. The molecule has 0 fully saturated rings. The van der Waals surface area contributed by atoms with Gasteiger partial charge in [0.25, 0.3) is 5.91 Å². The fraction of sp³-hybridized carbons (Fsp3) is 0.273. The summed E-state index contributed by atoms with van der Waals surface area (Å²) < 4.78 is 5.61. The minimum absolute atomic E-state index is 0.0368. The molecule has 2 aromatic carbocycles. The topological polar surface area (TPSA) is 51.2 Å². The molecule has 0 aliphatic heterocycles. The second kappa shape index (κ2) is 8.00. The lowest BCUT2D eigenvalue weighted by molar-refractivity contribution is -0.118. The number of hydrogen-bond acceptors (Lipinski definition) is 3. The third kappa shape index (κ3) is 4.20. The first-order chi connectivity index (χ1) is 12.6. The molecule has 1 amide bonds. The molecule has 4 nitrogen and oxygen atoms in total. The van der Waals surface area contributed by atoms with Gasteiger partial charge in [0.1, 0.15) is 5.75 Å². The van der Waals surface area contributed by atoms with E-state index in [-0.39, 0.29) is 12.5 Å². The van der Waals surface area contributed by atoms with Gasteiger partial charge >= 0.3 is 0 Å². The second-order valence-corrected chi connectivity index (χ2v) is 6.55. The van der Waals surface area contributed by atoms with Crippen LogP contribution in [0.25, 0.3) is 10.9 Å². The van der Waals surface area contributed by atoms with Crippen molar-refractivity contribution in [1.82, 2.24) is 4.98 Å². The highest BCUT2D eigenvalue weighted by atomic mass is 16.5. The Morgan fingerprint density at radius 1 is 1.12 bits per heavy atom. The van der Waals surface area contributed by atoms with Gasteiger partial charge in [-0.1, -0.05) is 44.2 Å². The molecule has 1 N–H and O–H groups in total. The number of ether oxygens (including phenoxy) is 1. The number of benzene rings is 2. The van der Waals surface area contributed by atoms with Gasteiger partial charge in [0.15, 0.2) is 6.61 Å². The SMILES string of the molecule is CCC(C)c1ccc(OCC(=O)Nc2cccc3ccc(C)nc23)cc1. The predicted molar refractivity (Wildman–Crippen MR) is 106 cm³/mol. The van der Waals surface area contributed by atoms with Crippen LogP contribution >= 0.6 is 0 Å². The number of aromatic nitrogens is 1. The third-order valence-electron chi connectivity index (χ3n) is 4.57. The summed E-state index contributed by atoms with van der Waals surface area (Å²) in [6.45, 7) is 6.27. The first kappa shape index (κ1) is 17.9. The minimum atomic E-state index is -0.202. The number of anilines is 1. The van der Waals surface area contributed by atoms with Gasteiger partial charge in [0.05, 0.1) is 11.2 Å². The van der Waals surface area contributed by atoms with E-state index < -0.39 is 0 Å². The molecule has 3 aromatic rings. The van der Waals surface area contributed by atoms with Gasteiger partial charge in [-0.05, 0) is 49.1 Å². The molecule has 0 aliphatic carbocycles. The number of fused-ring (bicyclic) bond motifs is 1. The zero-order chi connectivity index (χ0) is 18.5. The van der Waals surface area contributed by atoms with E-state index in [0.717, 1.165) is 23.0 Å². The molecule has 0 aliphatic rings. The maximum atomic E-state index is 12.3. The minimum Gasteiger partial charge on any atom is -0.484 e. The van der Waals surface area contributed by atoms with Crippen molar-refractivity contribution in [3.8, 4) is 5.75 Å². The second-order valence-electron chi connectivity index (χ2n) is 6.55. The molecule has 1 unspecified atom stereocenters. The van der Waals surface area contributed by atoms with Crippen LogP contribution in [-0.2, 0) is 4.79 Å². The van der Waals surface area contributed by atoms with Gasteiger partial charge in [0, 0.05) is 11.1 Å². The van der Waals surface area contributed by atoms with Crippen molar-refractivity contribution < 1.29 is 9.53 Å². The summed E-state index contributed by atoms with van der Waals surface area (Å²) in [5.74, 6) is 1.01. The van der Waals surface area contributed by atoms with Crippen molar-refractivity contribution >= 4 is 22.5 Å². The van der Waals surface area contributed by atoms with Crippen LogP contribution in [0.4, 0.5) is 5.69 Å². The summed E-state index contributed by atoms with van der Waals surface area (Å²) in [7, 11) is 0. The van der Waals surface area contributed by atoms with E-state index >= 15 is 0 Å². The smallest absolute Gasteiger partial charge is 0.262 e. The van der Waals surface area contributed by atoms with Crippen molar-refractivity contribution in [1.29, 1.82) is 0 Å². The largest absolute Gasteiger partial charge is 0.484 e. The van der Waals surface area contributed by atoms with E-state index in [1.54, 1.807) is 0 Å². The van der Waals surface area contributed by atoms with E-state index in [1.807, 2.05) is 49.4 Å². The molecule has 0 bridgehead atoms. The summed E-state index contributed by atoms with van der Waals surface area (Å²) in [5.41, 5.74) is 3.68. The highest BCUT2D eigenvalue weighted by molar-refractivity contribution is 6.00. The van der Waals surface area contributed by atoms with Crippen molar-refractivity contribution in [2.75, 3.05) is 11.9 Å². The normalized spacial score (nSPS) is 12.0. The number of nitrogens with zero attached hydrogens (tertiary/aromatic N) is 1. The lowest BCUT2D eigenvalue weighted by Gasteiger charge is -2.11. The molecule has 0 radical (unpaired) electrons. The number of carbonyl (C=O) groups is 1. The summed E-state index contributed by atoms with van der Waals surface area (Å²) in [6, 6.07) is 17.6. The lowest BCUT2D eigenvalue weighted by atomic mass is 9.99. The van der Waals surface area contributed by atoms with Crippen LogP contribution in [0, 0.1) is 6.92 Å². The van der Waals surface area contributed by atoms with Crippen LogP contribution in [0.3, 0.4) is 0 Å². The summed E-state index contributed by atoms with van der Waals surface area (Å²) in [4.78, 5) is 16.8. The molecule has 0 saturated heterocycles. The summed E-state index contributed by atoms with van der Waals surface area (Å²) >= 11 is 0. The number of hydrogen-bond donors (Lipinski definition) is 1. The maximum absolute atomic E-state index is 12.3. The maximum Gasteiger partial charge on any atom is 0.262 e. The Kier molecular flexibility index (Phi) is 5.52.